The van der Waals surface area contributed by atoms with Crippen molar-refractivity contribution >= 4 is 17.2 Å². The lowest BCUT2D eigenvalue weighted by molar-refractivity contribution is 0.218. The molecule has 154 valence electrons. The smallest absolute Gasteiger partial charge is 0.165 e. The fraction of sp³-hybridized carbons (Fsp3) is 0.333. The van der Waals surface area contributed by atoms with Crippen LogP contribution in [-0.2, 0) is 7.05 Å². The first-order valence-electron chi connectivity index (χ1n) is 10.0. The van der Waals surface area contributed by atoms with E-state index in [-0.39, 0.29) is 0 Å². The van der Waals surface area contributed by atoms with Gasteiger partial charge in [-0.25, -0.2) is 4.52 Å². The zero-order valence-electron chi connectivity index (χ0n) is 17.3. The number of hydrogen-bond acceptors (Lipinski definition) is 7. The highest BCUT2D eigenvalue weighted by molar-refractivity contribution is 5.72. The van der Waals surface area contributed by atoms with Gasteiger partial charge >= 0.3 is 0 Å². The average Bonchev–Trinajstić information content (AvgIpc) is 3.25. The molecule has 0 radical (unpaired) electrons. The minimum Gasteiger partial charge on any atom is -0.488 e. The van der Waals surface area contributed by atoms with E-state index in [1.165, 1.54) is 0 Å². The van der Waals surface area contributed by atoms with Gasteiger partial charge in [-0.1, -0.05) is 0 Å². The molecule has 1 aliphatic heterocycles. The highest BCUT2D eigenvalue weighted by atomic mass is 16.5. The van der Waals surface area contributed by atoms with Gasteiger partial charge in [0.25, 0.3) is 0 Å². The van der Waals surface area contributed by atoms with E-state index >= 15 is 0 Å². The largest absolute Gasteiger partial charge is 0.488 e. The monoisotopic (exact) mass is 404 g/mol. The van der Waals surface area contributed by atoms with E-state index in [0.29, 0.717) is 24.3 Å². The zero-order chi connectivity index (χ0) is 20.7. The maximum Gasteiger partial charge on any atom is 0.165 e. The van der Waals surface area contributed by atoms with E-state index in [9.17, 15) is 0 Å². The summed E-state index contributed by atoms with van der Waals surface area (Å²) in [6.07, 6.45) is 4.87. The molecule has 0 aliphatic carbocycles. The Morgan fingerprint density at radius 3 is 2.83 bits per heavy atom. The van der Waals surface area contributed by atoms with Crippen molar-refractivity contribution in [2.45, 2.75) is 26.3 Å². The van der Waals surface area contributed by atoms with Gasteiger partial charge in [0.05, 0.1) is 17.4 Å². The first kappa shape index (κ1) is 18.6. The van der Waals surface area contributed by atoms with E-state index in [1.54, 1.807) is 6.20 Å². The van der Waals surface area contributed by atoms with Crippen LogP contribution in [0.25, 0.3) is 16.8 Å². The fourth-order valence-electron chi connectivity index (χ4n) is 3.47. The third kappa shape index (κ3) is 3.48. The van der Waals surface area contributed by atoms with E-state index < -0.39 is 0 Å². The first-order valence-corrected chi connectivity index (χ1v) is 10.0. The van der Waals surface area contributed by atoms with Crippen LogP contribution in [0.15, 0.2) is 36.7 Å². The zero-order valence-corrected chi connectivity index (χ0v) is 17.3. The molecule has 0 aromatic carbocycles. The highest BCUT2D eigenvalue weighted by Gasteiger charge is 2.19. The maximum atomic E-state index is 6.04. The van der Waals surface area contributed by atoms with E-state index in [2.05, 4.69) is 37.1 Å². The molecular weight excluding hydrogens is 380 g/mol. The number of fused-ring (bicyclic) bond motifs is 1. The fourth-order valence-corrected chi connectivity index (χ4v) is 3.47. The van der Waals surface area contributed by atoms with Gasteiger partial charge in [0.1, 0.15) is 12.3 Å². The number of anilines is 2. The lowest BCUT2D eigenvalue weighted by Crippen LogP contribution is -2.46. The Hall–Kier alpha value is -3.46. The number of ether oxygens (including phenoxy) is 1. The van der Waals surface area contributed by atoms with Crippen LogP contribution in [0.1, 0.15) is 17.7 Å². The molecule has 1 saturated heterocycles. The summed E-state index contributed by atoms with van der Waals surface area (Å²) in [4.78, 5) is 0. The van der Waals surface area contributed by atoms with E-state index in [1.807, 2.05) is 54.5 Å². The van der Waals surface area contributed by atoms with Crippen LogP contribution in [0, 0.1) is 13.8 Å². The van der Waals surface area contributed by atoms with Crippen LogP contribution in [0.5, 0.6) is 5.75 Å². The normalized spacial score (nSPS) is 15.9. The van der Waals surface area contributed by atoms with E-state index in [4.69, 9.17) is 4.74 Å². The van der Waals surface area contributed by atoms with Gasteiger partial charge in [-0.15, -0.1) is 5.10 Å². The van der Waals surface area contributed by atoms with Crippen molar-refractivity contribution in [1.29, 1.82) is 0 Å². The number of rotatable bonds is 6. The summed E-state index contributed by atoms with van der Waals surface area (Å²) >= 11 is 0. The number of nitrogens with zero attached hydrogens (tertiary/aromatic N) is 6. The van der Waals surface area contributed by atoms with Crippen LogP contribution in [0.4, 0.5) is 11.6 Å². The Bertz CT molecular complexity index is 1210. The molecule has 0 spiro atoms. The Balaban J connectivity index is 1.41. The lowest BCUT2D eigenvalue weighted by Gasteiger charge is -2.27. The van der Waals surface area contributed by atoms with Crippen molar-refractivity contribution in [2.24, 2.45) is 7.05 Å². The molecule has 1 atom stereocenters. The van der Waals surface area contributed by atoms with Gasteiger partial charge in [0.2, 0.25) is 0 Å². The number of aryl methyl sites for hydroxylation is 3. The van der Waals surface area contributed by atoms with Crippen molar-refractivity contribution in [1.82, 2.24) is 34.9 Å². The van der Waals surface area contributed by atoms with Crippen LogP contribution < -0.4 is 15.4 Å². The average molecular weight is 404 g/mol. The number of aromatic nitrogens is 6. The van der Waals surface area contributed by atoms with Gasteiger partial charge in [-0.2, -0.15) is 15.3 Å². The second kappa shape index (κ2) is 7.42. The van der Waals surface area contributed by atoms with Crippen molar-refractivity contribution in [3.8, 4) is 17.0 Å². The van der Waals surface area contributed by atoms with Crippen molar-refractivity contribution in [3.05, 3.63) is 47.9 Å². The van der Waals surface area contributed by atoms with E-state index in [0.717, 1.165) is 46.7 Å². The van der Waals surface area contributed by atoms with Crippen LogP contribution in [0.3, 0.4) is 0 Å². The molecule has 9 heteroatoms. The summed E-state index contributed by atoms with van der Waals surface area (Å²) in [5, 5.41) is 23.9. The third-order valence-electron chi connectivity index (χ3n) is 5.50. The Kier molecular flexibility index (Phi) is 4.59. The minimum atomic E-state index is 0.428. The van der Waals surface area contributed by atoms with Crippen LogP contribution in [0.2, 0.25) is 0 Å². The van der Waals surface area contributed by atoms with Gasteiger partial charge in [-0.05, 0) is 50.6 Å². The molecule has 2 N–H and O–H groups in total. The SMILES string of the molecule is Cc1cc(Nc2cc3cc(-c4c(OCC5CCN5)cnn4C)ccn3n2)nnc1C. The van der Waals surface area contributed by atoms with Crippen LogP contribution >= 0.6 is 0 Å². The molecular formula is C21H24N8O. The summed E-state index contributed by atoms with van der Waals surface area (Å²) in [6, 6.07) is 8.47. The number of nitrogens with one attached hydrogen (secondary N) is 2. The molecule has 1 aliphatic rings. The molecule has 0 amide bonds. The Labute approximate surface area is 174 Å². The molecule has 5 rings (SSSR count). The molecule has 0 bridgehead atoms. The molecule has 1 fully saturated rings. The first-order chi connectivity index (χ1) is 14.6. The molecule has 9 nitrogen and oxygen atoms in total. The quantitative estimate of drug-likeness (QED) is 0.510. The van der Waals surface area contributed by atoms with Gasteiger partial charge < -0.3 is 15.4 Å². The van der Waals surface area contributed by atoms with Crippen LogP contribution in [-0.4, -0.2) is 48.8 Å². The molecule has 30 heavy (non-hydrogen) atoms. The number of hydrogen-bond donors (Lipinski definition) is 2. The summed E-state index contributed by atoms with van der Waals surface area (Å²) in [5.74, 6) is 2.18. The second-order valence-corrected chi connectivity index (χ2v) is 7.67. The third-order valence-corrected chi connectivity index (χ3v) is 5.50. The minimum absolute atomic E-state index is 0.428. The number of pyridine rings is 1. The summed E-state index contributed by atoms with van der Waals surface area (Å²) in [6.45, 7) is 5.67. The van der Waals surface area contributed by atoms with Gasteiger partial charge in [-0.3, -0.25) is 4.68 Å². The van der Waals surface area contributed by atoms with Crippen molar-refractivity contribution < 1.29 is 4.74 Å². The topological polar surface area (TPSA) is 94.2 Å². The lowest BCUT2D eigenvalue weighted by atomic mass is 10.1. The highest BCUT2D eigenvalue weighted by Crippen LogP contribution is 2.31. The molecule has 5 heterocycles. The summed E-state index contributed by atoms with van der Waals surface area (Å²) in [7, 11) is 1.93. The van der Waals surface area contributed by atoms with Crippen molar-refractivity contribution in [2.75, 3.05) is 18.5 Å². The molecule has 4 aromatic rings. The second-order valence-electron chi connectivity index (χ2n) is 7.67. The van der Waals surface area contributed by atoms with Crippen molar-refractivity contribution in [3.63, 3.8) is 0 Å². The molecule has 4 aromatic heterocycles. The predicted octanol–water partition coefficient (Wildman–Crippen LogP) is 2.63. The standard InChI is InChI=1S/C21H24N8O/c1-13-8-19(26-25-14(13)2)24-20-10-17-9-15(5-7-29(17)27-20)21-18(11-23-28(21)3)30-12-16-4-6-22-16/h5,7-11,16,22H,4,6,12H2,1-3H3,(H,24,26,27). The van der Waals surface area contributed by atoms with Gasteiger partial charge in [0.15, 0.2) is 17.4 Å². The Morgan fingerprint density at radius 2 is 2.07 bits per heavy atom. The summed E-state index contributed by atoms with van der Waals surface area (Å²) in [5.41, 5.74) is 4.94. The maximum absolute atomic E-state index is 6.04. The Morgan fingerprint density at radius 1 is 1.20 bits per heavy atom. The summed E-state index contributed by atoms with van der Waals surface area (Å²) < 4.78 is 9.71. The molecule has 0 saturated carbocycles. The van der Waals surface area contributed by atoms with Gasteiger partial charge in [0, 0.05) is 30.9 Å². The molecule has 1 unspecified atom stereocenters. The predicted molar refractivity (Wildman–Crippen MR) is 114 cm³/mol.